The van der Waals surface area contributed by atoms with E-state index in [9.17, 15) is 0 Å². The Morgan fingerprint density at radius 3 is 2.89 bits per heavy atom. The van der Waals surface area contributed by atoms with Gasteiger partial charge in [-0.05, 0) is 6.42 Å². The summed E-state index contributed by atoms with van der Waals surface area (Å²) in [4.78, 5) is 5.51. The van der Waals surface area contributed by atoms with Gasteiger partial charge in [0.25, 0.3) is 0 Å². The van der Waals surface area contributed by atoms with E-state index in [2.05, 4.69) is 17.2 Å². The summed E-state index contributed by atoms with van der Waals surface area (Å²) in [7, 11) is 0. The van der Waals surface area contributed by atoms with Gasteiger partial charge in [-0.2, -0.15) is 0 Å². The topological polar surface area (TPSA) is 43.4 Å². The minimum absolute atomic E-state index is 0.254. The van der Waals surface area contributed by atoms with Gasteiger partial charge in [0, 0.05) is 23.2 Å². The third-order valence-corrected chi connectivity index (χ3v) is 4.27. The van der Waals surface area contributed by atoms with Crippen molar-refractivity contribution in [3.63, 3.8) is 0 Å². The van der Waals surface area contributed by atoms with Crippen LogP contribution in [0, 0.1) is 0 Å². The Morgan fingerprint density at radius 1 is 1.37 bits per heavy atom. The van der Waals surface area contributed by atoms with Crippen LogP contribution in [0.2, 0.25) is 5.02 Å². The van der Waals surface area contributed by atoms with Gasteiger partial charge >= 0.3 is 0 Å². The molecule has 3 rings (SSSR count). The van der Waals surface area contributed by atoms with Crippen LogP contribution in [0.25, 0.3) is 0 Å². The van der Waals surface area contributed by atoms with E-state index < -0.39 is 0 Å². The average Bonchev–Trinajstić information content (AvgIpc) is 3.03. The van der Waals surface area contributed by atoms with Crippen LogP contribution < -0.4 is 14.8 Å². The molecule has 0 unspecified atom stereocenters. The van der Waals surface area contributed by atoms with Crippen LogP contribution in [-0.4, -0.2) is 11.8 Å². The summed E-state index contributed by atoms with van der Waals surface area (Å²) in [5.41, 5.74) is 0.845. The molecule has 2 aromatic rings. The second kappa shape index (κ2) is 5.27. The number of hydrogen-bond acceptors (Lipinski definition) is 5. The lowest BCUT2D eigenvalue weighted by molar-refractivity contribution is 0.174. The number of aryl methyl sites for hydroxylation is 1. The van der Waals surface area contributed by atoms with E-state index in [4.69, 9.17) is 21.1 Å². The van der Waals surface area contributed by atoms with Crippen molar-refractivity contribution in [2.45, 2.75) is 19.9 Å². The standard InChI is InChI=1S/C13H13ClN2O2S/c1-2-13-16-6-8(19-13)5-15-10-4-12-11(3-9(10)14)17-7-18-12/h3-4,6,15H,2,5,7H2,1H3. The number of nitrogens with one attached hydrogen (secondary N) is 1. The lowest BCUT2D eigenvalue weighted by Gasteiger charge is -2.08. The molecule has 0 spiro atoms. The van der Waals surface area contributed by atoms with E-state index in [1.165, 1.54) is 4.88 Å². The van der Waals surface area contributed by atoms with Gasteiger partial charge < -0.3 is 14.8 Å². The highest BCUT2D eigenvalue weighted by atomic mass is 35.5. The molecule has 1 aliphatic heterocycles. The Kier molecular flexibility index (Phi) is 3.48. The number of benzene rings is 1. The second-order valence-electron chi connectivity index (χ2n) is 4.11. The monoisotopic (exact) mass is 296 g/mol. The Hall–Kier alpha value is -1.46. The Bertz CT molecular complexity index is 600. The molecular weight excluding hydrogens is 284 g/mol. The van der Waals surface area contributed by atoms with E-state index in [0.29, 0.717) is 17.3 Å². The van der Waals surface area contributed by atoms with Gasteiger partial charge in [0.05, 0.1) is 22.3 Å². The van der Waals surface area contributed by atoms with Gasteiger partial charge in [0.2, 0.25) is 6.79 Å². The molecule has 19 heavy (non-hydrogen) atoms. The van der Waals surface area contributed by atoms with Crippen LogP contribution in [0.3, 0.4) is 0 Å². The molecule has 0 radical (unpaired) electrons. The molecule has 100 valence electrons. The number of nitrogens with zero attached hydrogens (tertiary/aromatic N) is 1. The largest absolute Gasteiger partial charge is 0.454 e. The third-order valence-electron chi connectivity index (χ3n) is 2.82. The van der Waals surface area contributed by atoms with Crippen molar-refractivity contribution in [2.75, 3.05) is 12.1 Å². The maximum atomic E-state index is 6.20. The maximum Gasteiger partial charge on any atom is 0.231 e. The van der Waals surface area contributed by atoms with Crippen LogP contribution in [0.5, 0.6) is 11.5 Å². The summed E-state index contributed by atoms with van der Waals surface area (Å²) >= 11 is 7.91. The molecule has 1 N–H and O–H groups in total. The molecule has 0 atom stereocenters. The van der Waals surface area contributed by atoms with Gasteiger partial charge in [-0.3, -0.25) is 0 Å². The first kappa shape index (κ1) is 12.6. The zero-order chi connectivity index (χ0) is 13.2. The molecule has 1 aromatic carbocycles. The number of fused-ring (bicyclic) bond motifs is 1. The molecule has 0 saturated heterocycles. The van der Waals surface area contributed by atoms with E-state index in [-0.39, 0.29) is 6.79 Å². The lowest BCUT2D eigenvalue weighted by atomic mass is 10.2. The normalized spacial score (nSPS) is 12.7. The highest BCUT2D eigenvalue weighted by Crippen LogP contribution is 2.39. The van der Waals surface area contributed by atoms with Crippen LogP contribution in [-0.2, 0) is 13.0 Å². The molecule has 0 amide bonds. The van der Waals surface area contributed by atoms with E-state index in [0.717, 1.165) is 22.9 Å². The lowest BCUT2D eigenvalue weighted by Crippen LogP contribution is -1.98. The molecule has 0 saturated carbocycles. The summed E-state index contributed by atoms with van der Waals surface area (Å²) in [6, 6.07) is 3.64. The fourth-order valence-electron chi connectivity index (χ4n) is 1.83. The zero-order valence-electron chi connectivity index (χ0n) is 10.4. The molecule has 0 fully saturated rings. The molecule has 1 aliphatic rings. The first-order valence-corrected chi connectivity index (χ1v) is 7.22. The third kappa shape index (κ3) is 2.62. The van der Waals surface area contributed by atoms with Crippen molar-refractivity contribution in [1.82, 2.24) is 4.98 Å². The molecule has 0 aliphatic carbocycles. The van der Waals surface area contributed by atoms with E-state index in [1.807, 2.05) is 12.3 Å². The van der Waals surface area contributed by atoms with Crippen LogP contribution >= 0.6 is 22.9 Å². The molecule has 0 bridgehead atoms. The Labute approximate surface area is 120 Å². The van der Waals surface area contributed by atoms with Crippen molar-refractivity contribution < 1.29 is 9.47 Å². The predicted octanol–water partition coefficient (Wildman–Crippen LogP) is 3.70. The first-order valence-electron chi connectivity index (χ1n) is 6.03. The van der Waals surface area contributed by atoms with Gasteiger partial charge in [-0.1, -0.05) is 18.5 Å². The van der Waals surface area contributed by atoms with Gasteiger partial charge in [0.1, 0.15) is 0 Å². The summed E-state index contributed by atoms with van der Waals surface area (Å²) < 4.78 is 10.6. The van der Waals surface area contributed by atoms with Crippen molar-refractivity contribution in [1.29, 1.82) is 0 Å². The number of rotatable bonds is 4. The fraction of sp³-hybridized carbons (Fsp3) is 0.308. The van der Waals surface area contributed by atoms with Gasteiger partial charge in [-0.15, -0.1) is 11.3 Å². The molecule has 2 heterocycles. The van der Waals surface area contributed by atoms with Gasteiger partial charge in [-0.25, -0.2) is 4.98 Å². The summed E-state index contributed by atoms with van der Waals surface area (Å²) in [5, 5.41) is 5.08. The van der Waals surface area contributed by atoms with E-state index >= 15 is 0 Å². The van der Waals surface area contributed by atoms with E-state index in [1.54, 1.807) is 17.4 Å². The van der Waals surface area contributed by atoms with Crippen LogP contribution in [0.1, 0.15) is 16.8 Å². The van der Waals surface area contributed by atoms with Crippen molar-refractivity contribution >= 4 is 28.6 Å². The SMILES string of the molecule is CCc1ncc(CNc2cc3c(cc2Cl)OCO3)s1. The van der Waals surface area contributed by atoms with Crippen LogP contribution in [0.15, 0.2) is 18.3 Å². The average molecular weight is 297 g/mol. The maximum absolute atomic E-state index is 6.20. The molecule has 1 aromatic heterocycles. The number of halogens is 1. The number of hydrogen-bond donors (Lipinski definition) is 1. The smallest absolute Gasteiger partial charge is 0.231 e. The minimum Gasteiger partial charge on any atom is -0.454 e. The number of anilines is 1. The number of aromatic nitrogens is 1. The first-order chi connectivity index (χ1) is 9.26. The number of thiazole rings is 1. The van der Waals surface area contributed by atoms with Crippen molar-refractivity contribution in [3.8, 4) is 11.5 Å². The van der Waals surface area contributed by atoms with Crippen LogP contribution in [0.4, 0.5) is 5.69 Å². The minimum atomic E-state index is 0.254. The fourth-order valence-corrected chi connectivity index (χ4v) is 2.85. The van der Waals surface area contributed by atoms with Crippen molar-refractivity contribution in [3.05, 3.63) is 33.2 Å². The van der Waals surface area contributed by atoms with Crippen molar-refractivity contribution in [2.24, 2.45) is 0 Å². The molecule has 4 nitrogen and oxygen atoms in total. The summed E-state index contributed by atoms with van der Waals surface area (Å²) in [6.45, 7) is 3.06. The molecular formula is C13H13ClN2O2S. The Morgan fingerprint density at radius 2 is 2.16 bits per heavy atom. The molecule has 6 heteroatoms. The quantitative estimate of drug-likeness (QED) is 0.934. The van der Waals surface area contributed by atoms with Gasteiger partial charge in [0.15, 0.2) is 11.5 Å². The number of ether oxygens (including phenoxy) is 2. The highest BCUT2D eigenvalue weighted by Gasteiger charge is 2.16. The predicted molar refractivity (Wildman–Crippen MR) is 76.4 cm³/mol. The zero-order valence-corrected chi connectivity index (χ0v) is 12.0. The second-order valence-corrected chi connectivity index (χ2v) is 5.72. The summed E-state index contributed by atoms with van der Waals surface area (Å²) in [5.74, 6) is 1.42. The highest BCUT2D eigenvalue weighted by molar-refractivity contribution is 7.11. The Balaban J connectivity index is 1.73. The summed E-state index contributed by atoms with van der Waals surface area (Å²) in [6.07, 6.45) is 2.87.